The number of anilines is 2. The predicted octanol–water partition coefficient (Wildman–Crippen LogP) is 1.88. The fraction of sp³-hybridized carbons (Fsp3) is 0.400. The Morgan fingerprint density at radius 1 is 0.897 bits per heavy atom. The lowest BCUT2D eigenvalue weighted by atomic mass is 10.1. The molecule has 1 N–H and O–H groups in total. The highest BCUT2D eigenvalue weighted by Gasteiger charge is 2.33. The summed E-state index contributed by atoms with van der Waals surface area (Å²) in [6, 6.07) is 10.2. The second-order valence-corrected chi connectivity index (χ2v) is 7.31. The topological polar surface area (TPSA) is 104 Å². The van der Waals surface area contributed by atoms with Crippen LogP contribution < -0.4 is 9.80 Å². The normalized spacial score (nSPS) is 20.6. The number of benzene rings is 1. The maximum Gasteiger partial charge on any atom is 0.229 e. The molecule has 3 aromatic rings. The number of hydrogen-bond acceptors (Lipinski definition) is 9. The minimum Gasteiger partial charge on any atom is -0.385 e. The Morgan fingerprint density at radius 3 is 2.24 bits per heavy atom. The summed E-state index contributed by atoms with van der Waals surface area (Å²) in [5, 5.41) is 9.76. The number of aromatic nitrogens is 6. The lowest BCUT2D eigenvalue weighted by molar-refractivity contribution is 0.188. The molecule has 9 nitrogen and oxygen atoms in total. The highest BCUT2D eigenvalue weighted by molar-refractivity contribution is 5.56. The molecule has 1 aliphatic rings. The molecule has 9 heteroatoms. The smallest absolute Gasteiger partial charge is 0.229 e. The van der Waals surface area contributed by atoms with Crippen molar-refractivity contribution in [2.24, 2.45) is 0 Å². The van der Waals surface area contributed by atoms with Gasteiger partial charge in [0.25, 0.3) is 0 Å². The molecule has 1 fully saturated rings. The molecule has 1 aliphatic heterocycles. The van der Waals surface area contributed by atoms with Crippen LogP contribution in [0.5, 0.6) is 0 Å². The Balaban J connectivity index is 1.57. The number of aliphatic hydroxyl groups is 1. The van der Waals surface area contributed by atoms with Crippen molar-refractivity contribution in [2.75, 3.05) is 22.9 Å². The van der Waals surface area contributed by atoms with Gasteiger partial charge in [0.05, 0.1) is 0 Å². The molecule has 0 saturated carbocycles. The lowest BCUT2D eigenvalue weighted by Crippen LogP contribution is -2.58. The molecule has 150 valence electrons. The average molecular weight is 392 g/mol. The summed E-state index contributed by atoms with van der Waals surface area (Å²) in [5.41, 5.74) is 0.964. The van der Waals surface area contributed by atoms with E-state index >= 15 is 0 Å². The minimum atomic E-state index is -0.727. The number of nitrogens with zero attached hydrogens (tertiary/aromatic N) is 8. The van der Waals surface area contributed by atoms with Crippen molar-refractivity contribution < 1.29 is 5.11 Å². The fourth-order valence-electron chi connectivity index (χ4n) is 3.67. The Hall–Kier alpha value is -3.20. The van der Waals surface area contributed by atoms with Crippen LogP contribution in [0.15, 0.2) is 43.0 Å². The summed E-state index contributed by atoms with van der Waals surface area (Å²) < 4.78 is 0. The van der Waals surface area contributed by atoms with Crippen LogP contribution in [0.2, 0.25) is 0 Å². The first-order valence-corrected chi connectivity index (χ1v) is 9.67. The molecule has 2 aromatic heterocycles. The van der Waals surface area contributed by atoms with E-state index in [1.165, 1.54) is 6.33 Å². The van der Waals surface area contributed by atoms with Gasteiger partial charge in [-0.3, -0.25) is 0 Å². The Kier molecular flexibility index (Phi) is 5.30. The molecule has 1 aromatic carbocycles. The molecule has 1 saturated heterocycles. The van der Waals surface area contributed by atoms with E-state index < -0.39 is 6.10 Å². The highest BCUT2D eigenvalue weighted by Crippen LogP contribution is 2.25. The summed E-state index contributed by atoms with van der Waals surface area (Å²) in [6.07, 6.45) is 2.29. The zero-order chi connectivity index (χ0) is 20.4. The molecule has 29 heavy (non-hydrogen) atoms. The van der Waals surface area contributed by atoms with Crippen LogP contribution in [-0.2, 0) is 0 Å². The summed E-state index contributed by atoms with van der Waals surface area (Å²) in [4.78, 5) is 30.5. The van der Waals surface area contributed by atoms with Crippen molar-refractivity contribution in [1.82, 2.24) is 29.9 Å². The molecule has 3 heterocycles. The Bertz CT molecular complexity index is 955. The monoisotopic (exact) mass is 392 g/mol. The number of rotatable bonds is 4. The molecule has 4 rings (SSSR count). The second-order valence-electron chi connectivity index (χ2n) is 7.31. The van der Waals surface area contributed by atoms with Gasteiger partial charge in [0.1, 0.15) is 18.8 Å². The maximum absolute atomic E-state index is 9.76. The third-order valence-electron chi connectivity index (χ3n) is 4.98. The van der Waals surface area contributed by atoms with Crippen molar-refractivity contribution in [3.8, 4) is 11.4 Å². The van der Waals surface area contributed by atoms with Crippen molar-refractivity contribution >= 4 is 11.9 Å². The molecule has 0 amide bonds. The van der Waals surface area contributed by atoms with Crippen molar-refractivity contribution in [1.29, 1.82) is 0 Å². The summed E-state index contributed by atoms with van der Waals surface area (Å²) in [6.45, 7) is 7.32. The van der Waals surface area contributed by atoms with Gasteiger partial charge < -0.3 is 14.9 Å². The second kappa shape index (κ2) is 8.04. The quantitative estimate of drug-likeness (QED) is 0.712. The lowest BCUT2D eigenvalue weighted by Gasteiger charge is -2.44. The van der Waals surface area contributed by atoms with E-state index in [9.17, 15) is 5.11 Å². The van der Waals surface area contributed by atoms with Crippen LogP contribution in [0.3, 0.4) is 0 Å². The predicted molar refractivity (Wildman–Crippen MR) is 109 cm³/mol. The number of aliphatic hydroxyl groups excluding tert-OH is 1. The molecule has 0 radical (unpaired) electrons. The van der Waals surface area contributed by atoms with E-state index in [0.29, 0.717) is 36.6 Å². The van der Waals surface area contributed by atoms with E-state index in [1.54, 1.807) is 13.3 Å². The standard InChI is InChI=1S/C20H24N8O/c1-13-9-27(19-23-11-21-17(25-19)15(3)29)10-14(2)28(13)20-24-12-22-18(26-20)16-7-5-4-6-8-16/h4-8,11-15,29H,9-10H2,1-3H3. The van der Waals surface area contributed by atoms with Gasteiger partial charge in [-0.25, -0.2) is 19.9 Å². The van der Waals surface area contributed by atoms with Crippen LogP contribution in [0.4, 0.5) is 11.9 Å². The van der Waals surface area contributed by atoms with E-state index in [2.05, 4.69) is 48.6 Å². The molecule has 3 unspecified atom stereocenters. The van der Waals surface area contributed by atoms with Crippen molar-refractivity contribution in [3.63, 3.8) is 0 Å². The Morgan fingerprint density at radius 2 is 1.55 bits per heavy atom. The SMILES string of the molecule is CC(O)c1ncnc(N2CC(C)N(c3ncnc(-c4ccccc4)n3)C(C)C2)n1. The van der Waals surface area contributed by atoms with Crippen LogP contribution in [-0.4, -0.2) is 60.2 Å². The number of hydrogen-bond donors (Lipinski definition) is 1. The van der Waals surface area contributed by atoms with E-state index in [0.717, 1.165) is 5.56 Å². The minimum absolute atomic E-state index is 0.136. The van der Waals surface area contributed by atoms with E-state index in [1.807, 2.05) is 30.3 Å². The van der Waals surface area contributed by atoms with Gasteiger partial charge in [0, 0.05) is 30.7 Å². The van der Waals surface area contributed by atoms with Gasteiger partial charge in [-0.15, -0.1) is 0 Å². The van der Waals surface area contributed by atoms with Crippen LogP contribution in [0, 0.1) is 0 Å². The Labute approximate surface area is 169 Å². The molecule has 3 atom stereocenters. The maximum atomic E-state index is 9.76. The van der Waals surface area contributed by atoms with Gasteiger partial charge in [-0.2, -0.15) is 9.97 Å². The summed E-state index contributed by atoms with van der Waals surface area (Å²) >= 11 is 0. The van der Waals surface area contributed by atoms with Gasteiger partial charge in [-0.05, 0) is 20.8 Å². The van der Waals surface area contributed by atoms with Gasteiger partial charge in [0.2, 0.25) is 11.9 Å². The van der Waals surface area contributed by atoms with Gasteiger partial charge >= 0.3 is 0 Å². The number of piperazine rings is 1. The summed E-state index contributed by atoms with van der Waals surface area (Å²) in [5.74, 6) is 2.29. The zero-order valence-electron chi connectivity index (χ0n) is 16.7. The van der Waals surface area contributed by atoms with Crippen molar-refractivity contribution in [3.05, 3.63) is 48.8 Å². The zero-order valence-corrected chi connectivity index (χ0v) is 16.7. The van der Waals surface area contributed by atoms with Crippen molar-refractivity contribution in [2.45, 2.75) is 39.0 Å². The molecular weight excluding hydrogens is 368 g/mol. The summed E-state index contributed by atoms with van der Waals surface area (Å²) in [7, 11) is 0. The molecular formula is C20H24N8O. The third-order valence-corrected chi connectivity index (χ3v) is 4.98. The van der Waals surface area contributed by atoms with E-state index in [4.69, 9.17) is 4.98 Å². The first-order chi connectivity index (χ1) is 14.0. The van der Waals surface area contributed by atoms with Crippen LogP contribution in [0.1, 0.15) is 32.7 Å². The first-order valence-electron chi connectivity index (χ1n) is 9.67. The first kappa shape index (κ1) is 19.1. The third kappa shape index (κ3) is 4.00. The van der Waals surface area contributed by atoms with Gasteiger partial charge in [0.15, 0.2) is 11.6 Å². The fourth-order valence-corrected chi connectivity index (χ4v) is 3.67. The molecule has 0 bridgehead atoms. The van der Waals surface area contributed by atoms with Crippen LogP contribution >= 0.6 is 0 Å². The molecule has 0 spiro atoms. The van der Waals surface area contributed by atoms with E-state index in [-0.39, 0.29) is 12.1 Å². The van der Waals surface area contributed by atoms with Gasteiger partial charge in [-0.1, -0.05) is 30.3 Å². The highest BCUT2D eigenvalue weighted by atomic mass is 16.3. The van der Waals surface area contributed by atoms with Crippen LogP contribution in [0.25, 0.3) is 11.4 Å². The largest absolute Gasteiger partial charge is 0.385 e. The average Bonchev–Trinajstić information content (AvgIpc) is 2.74. The molecule has 0 aliphatic carbocycles.